The Morgan fingerprint density at radius 1 is 1.56 bits per heavy atom. The minimum Gasteiger partial charge on any atom is -0.462 e. The molecule has 1 heterocycles. The van der Waals surface area contributed by atoms with Crippen molar-refractivity contribution in [3.8, 4) is 0 Å². The summed E-state index contributed by atoms with van der Waals surface area (Å²) in [7, 11) is 0. The van der Waals surface area contributed by atoms with E-state index in [1.807, 2.05) is 13.8 Å². The summed E-state index contributed by atoms with van der Waals surface area (Å²) in [6.45, 7) is 5.89. The molecular weight excluding hydrogens is 208 g/mol. The molecule has 0 aliphatic rings. The summed E-state index contributed by atoms with van der Waals surface area (Å²) >= 11 is 0. The van der Waals surface area contributed by atoms with Crippen LogP contribution in [0, 0.1) is 0 Å². The topological polar surface area (TPSA) is 90.1 Å². The van der Waals surface area contributed by atoms with Crippen molar-refractivity contribution in [3.05, 3.63) is 11.9 Å². The molecule has 0 bridgehead atoms. The van der Waals surface area contributed by atoms with Gasteiger partial charge in [0.2, 0.25) is 0 Å². The van der Waals surface area contributed by atoms with Crippen LogP contribution in [0.4, 0.5) is 11.6 Å². The van der Waals surface area contributed by atoms with Gasteiger partial charge in [-0.3, -0.25) is 0 Å². The van der Waals surface area contributed by atoms with E-state index in [9.17, 15) is 4.79 Å². The lowest BCUT2D eigenvalue weighted by atomic mass is 10.2. The van der Waals surface area contributed by atoms with Gasteiger partial charge in [0.05, 0.1) is 6.61 Å². The van der Waals surface area contributed by atoms with Crippen LogP contribution in [0.5, 0.6) is 0 Å². The Morgan fingerprint density at radius 2 is 2.25 bits per heavy atom. The third-order valence-corrected chi connectivity index (χ3v) is 1.78. The van der Waals surface area contributed by atoms with E-state index in [0.717, 1.165) is 0 Å². The molecule has 0 spiro atoms. The first-order valence-corrected chi connectivity index (χ1v) is 5.10. The molecular formula is C10H16N4O2. The van der Waals surface area contributed by atoms with Gasteiger partial charge in [-0.25, -0.2) is 14.8 Å². The molecule has 0 unspecified atom stereocenters. The van der Waals surface area contributed by atoms with Crippen LogP contribution in [-0.4, -0.2) is 28.6 Å². The fourth-order valence-electron chi connectivity index (χ4n) is 1.19. The molecule has 0 aromatic carbocycles. The summed E-state index contributed by atoms with van der Waals surface area (Å²) in [6.07, 6.45) is 1.31. The zero-order valence-corrected chi connectivity index (χ0v) is 9.65. The smallest absolute Gasteiger partial charge is 0.345 e. The Kier molecular flexibility index (Phi) is 4.04. The van der Waals surface area contributed by atoms with Crippen LogP contribution in [-0.2, 0) is 4.74 Å². The number of nitrogens with zero attached hydrogens (tertiary/aromatic N) is 2. The molecule has 0 fully saturated rings. The zero-order chi connectivity index (χ0) is 12.1. The van der Waals surface area contributed by atoms with Gasteiger partial charge in [0, 0.05) is 6.04 Å². The van der Waals surface area contributed by atoms with Crippen LogP contribution < -0.4 is 11.1 Å². The van der Waals surface area contributed by atoms with Gasteiger partial charge in [0.25, 0.3) is 0 Å². The van der Waals surface area contributed by atoms with Gasteiger partial charge in [-0.15, -0.1) is 0 Å². The predicted octanol–water partition coefficient (Wildman–Crippen LogP) is 1.06. The largest absolute Gasteiger partial charge is 0.462 e. The fourth-order valence-corrected chi connectivity index (χ4v) is 1.19. The van der Waals surface area contributed by atoms with E-state index in [0.29, 0.717) is 5.82 Å². The second-order valence-electron chi connectivity index (χ2n) is 3.50. The molecule has 88 valence electrons. The second-order valence-corrected chi connectivity index (χ2v) is 3.50. The zero-order valence-electron chi connectivity index (χ0n) is 9.65. The van der Waals surface area contributed by atoms with Crippen molar-refractivity contribution < 1.29 is 9.53 Å². The van der Waals surface area contributed by atoms with Gasteiger partial charge in [-0.2, -0.15) is 0 Å². The maximum Gasteiger partial charge on any atom is 0.345 e. The Hall–Kier alpha value is -1.85. The molecule has 3 N–H and O–H groups in total. The summed E-state index contributed by atoms with van der Waals surface area (Å²) in [5.74, 6) is 0.0151. The molecule has 1 aromatic rings. The lowest BCUT2D eigenvalue weighted by Gasteiger charge is -2.13. The highest BCUT2D eigenvalue weighted by molar-refractivity contribution is 5.99. The molecule has 0 aliphatic heterocycles. The molecule has 1 aromatic heterocycles. The molecule has 16 heavy (non-hydrogen) atoms. The first-order valence-electron chi connectivity index (χ1n) is 5.10. The van der Waals surface area contributed by atoms with E-state index < -0.39 is 5.97 Å². The van der Waals surface area contributed by atoms with Gasteiger partial charge in [0.15, 0.2) is 0 Å². The number of nitrogens with two attached hydrogens (primary N) is 1. The van der Waals surface area contributed by atoms with E-state index in [1.54, 1.807) is 6.92 Å². The van der Waals surface area contributed by atoms with Crippen molar-refractivity contribution in [3.63, 3.8) is 0 Å². The number of aromatic nitrogens is 2. The standard InChI is InChI=1S/C10H16N4O2/c1-4-16-10(15)7-8(11)12-5-13-9(7)14-6(2)3/h5-6H,4H2,1-3H3,(H3,11,12,13,14). The number of nitrogen functional groups attached to an aromatic ring is 1. The average molecular weight is 224 g/mol. The number of ether oxygens (including phenoxy) is 1. The van der Waals surface area contributed by atoms with Crippen molar-refractivity contribution in [1.29, 1.82) is 0 Å². The van der Waals surface area contributed by atoms with Crippen molar-refractivity contribution in [2.75, 3.05) is 17.7 Å². The lowest BCUT2D eigenvalue weighted by molar-refractivity contribution is 0.0528. The predicted molar refractivity (Wildman–Crippen MR) is 61.2 cm³/mol. The normalized spacial score (nSPS) is 10.2. The van der Waals surface area contributed by atoms with E-state index >= 15 is 0 Å². The molecule has 6 heteroatoms. The number of hydrogen-bond donors (Lipinski definition) is 2. The number of anilines is 2. The van der Waals surface area contributed by atoms with E-state index in [1.165, 1.54) is 6.33 Å². The van der Waals surface area contributed by atoms with Crippen LogP contribution in [0.1, 0.15) is 31.1 Å². The van der Waals surface area contributed by atoms with Gasteiger partial charge in [-0.1, -0.05) is 0 Å². The maximum absolute atomic E-state index is 11.6. The van der Waals surface area contributed by atoms with Crippen LogP contribution in [0.25, 0.3) is 0 Å². The van der Waals surface area contributed by atoms with Crippen LogP contribution in [0.15, 0.2) is 6.33 Å². The number of nitrogens with one attached hydrogen (secondary N) is 1. The van der Waals surface area contributed by atoms with Gasteiger partial charge < -0.3 is 15.8 Å². The summed E-state index contributed by atoms with van der Waals surface area (Å²) in [5, 5.41) is 3.02. The Labute approximate surface area is 94.2 Å². The third kappa shape index (κ3) is 2.82. The summed E-state index contributed by atoms with van der Waals surface area (Å²) in [4.78, 5) is 19.4. The SMILES string of the molecule is CCOC(=O)c1c(N)ncnc1NC(C)C. The molecule has 0 radical (unpaired) electrons. The first-order chi connectivity index (χ1) is 7.56. The van der Waals surface area contributed by atoms with E-state index in [2.05, 4.69) is 15.3 Å². The second kappa shape index (κ2) is 5.29. The molecule has 0 saturated heterocycles. The number of carbonyl (C=O) groups excluding carboxylic acids is 1. The quantitative estimate of drug-likeness (QED) is 0.743. The summed E-state index contributed by atoms with van der Waals surface area (Å²) in [5.41, 5.74) is 5.83. The molecule has 0 atom stereocenters. The van der Waals surface area contributed by atoms with Crippen molar-refractivity contribution in [1.82, 2.24) is 9.97 Å². The minimum absolute atomic E-state index is 0.122. The molecule has 0 saturated carbocycles. The molecule has 0 aliphatic carbocycles. The Morgan fingerprint density at radius 3 is 2.81 bits per heavy atom. The van der Waals surface area contributed by atoms with Crippen molar-refractivity contribution >= 4 is 17.6 Å². The molecule has 6 nitrogen and oxygen atoms in total. The molecule has 1 rings (SSSR count). The Balaban J connectivity index is 3.07. The summed E-state index contributed by atoms with van der Waals surface area (Å²) < 4.78 is 4.89. The maximum atomic E-state index is 11.6. The van der Waals surface area contributed by atoms with Crippen molar-refractivity contribution in [2.24, 2.45) is 0 Å². The van der Waals surface area contributed by atoms with Gasteiger partial charge in [0.1, 0.15) is 23.5 Å². The third-order valence-electron chi connectivity index (χ3n) is 1.78. The van der Waals surface area contributed by atoms with E-state index in [4.69, 9.17) is 10.5 Å². The van der Waals surface area contributed by atoms with E-state index in [-0.39, 0.29) is 24.0 Å². The fraction of sp³-hybridized carbons (Fsp3) is 0.500. The number of rotatable bonds is 4. The first kappa shape index (κ1) is 12.2. The van der Waals surface area contributed by atoms with Gasteiger partial charge >= 0.3 is 5.97 Å². The molecule has 0 amide bonds. The highest BCUT2D eigenvalue weighted by atomic mass is 16.5. The highest BCUT2D eigenvalue weighted by Crippen LogP contribution is 2.18. The van der Waals surface area contributed by atoms with Crippen LogP contribution in [0.2, 0.25) is 0 Å². The average Bonchev–Trinajstić information content (AvgIpc) is 2.16. The van der Waals surface area contributed by atoms with Crippen molar-refractivity contribution in [2.45, 2.75) is 26.8 Å². The monoisotopic (exact) mass is 224 g/mol. The van der Waals surface area contributed by atoms with Crippen LogP contribution >= 0.6 is 0 Å². The van der Waals surface area contributed by atoms with Crippen LogP contribution in [0.3, 0.4) is 0 Å². The lowest BCUT2D eigenvalue weighted by Crippen LogP contribution is -2.18. The van der Waals surface area contributed by atoms with Gasteiger partial charge in [-0.05, 0) is 20.8 Å². The Bertz CT molecular complexity index is 379. The number of hydrogen-bond acceptors (Lipinski definition) is 6. The highest BCUT2D eigenvalue weighted by Gasteiger charge is 2.18. The number of esters is 1. The summed E-state index contributed by atoms with van der Waals surface area (Å²) in [6, 6.07) is 0.141. The minimum atomic E-state index is -0.510. The number of carbonyl (C=O) groups is 1.